The molecule has 3 aromatic carbocycles. The van der Waals surface area contributed by atoms with Crippen molar-refractivity contribution in [2.75, 3.05) is 4.72 Å². The minimum Gasteiger partial charge on any atom is -0.325 e. The number of fused-ring (bicyclic) bond motifs is 1. The molecule has 0 saturated heterocycles. The summed E-state index contributed by atoms with van der Waals surface area (Å²) in [6, 6.07) is 20.9. The van der Waals surface area contributed by atoms with Crippen LogP contribution in [0.4, 0.5) is 11.4 Å². The van der Waals surface area contributed by atoms with Crippen LogP contribution in [-0.4, -0.2) is 9.91 Å². The van der Waals surface area contributed by atoms with Crippen LogP contribution in [0.15, 0.2) is 71.6 Å². The lowest BCUT2D eigenvalue weighted by molar-refractivity contribution is -0.387. The highest BCUT2D eigenvalue weighted by Crippen LogP contribution is 2.33. The Labute approximate surface area is 164 Å². The number of nitrogens with zero attached hydrogens (tertiary/aromatic N) is 2. The van der Waals surface area contributed by atoms with Gasteiger partial charge in [0.05, 0.1) is 15.1 Å². The van der Waals surface area contributed by atoms with Gasteiger partial charge in [0, 0.05) is 17.3 Å². The van der Waals surface area contributed by atoms with Crippen molar-refractivity contribution < 1.29 is 4.92 Å². The average molecular weight is 393 g/mol. The van der Waals surface area contributed by atoms with Gasteiger partial charge in [-0.3, -0.25) is 10.1 Å². The third-order valence-electron chi connectivity index (χ3n) is 4.02. The summed E-state index contributed by atoms with van der Waals surface area (Å²) >= 11 is 2.90. The second-order valence-corrected chi connectivity index (χ2v) is 7.88. The van der Waals surface area contributed by atoms with Crippen molar-refractivity contribution in [3.05, 3.63) is 82.4 Å². The molecule has 0 atom stereocenters. The molecule has 134 valence electrons. The SMILES string of the molecule is Cc1ccc2nc(-c3ccc(NSc4ccccc4[N+](=O)[O-])cc3)sc2c1. The summed E-state index contributed by atoms with van der Waals surface area (Å²) in [5, 5.41) is 12.1. The Morgan fingerprint density at radius 3 is 2.63 bits per heavy atom. The summed E-state index contributed by atoms with van der Waals surface area (Å²) in [4.78, 5) is 16.0. The van der Waals surface area contributed by atoms with Gasteiger partial charge in [-0.25, -0.2) is 4.98 Å². The van der Waals surface area contributed by atoms with Crippen molar-refractivity contribution in [1.29, 1.82) is 0 Å². The zero-order valence-corrected chi connectivity index (χ0v) is 16.0. The van der Waals surface area contributed by atoms with Gasteiger partial charge >= 0.3 is 0 Å². The van der Waals surface area contributed by atoms with Gasteiger partial charge in [-0.2, -0.15) is 0 Å². The molecule has 7 heteroatoms. The van der Waals surface area contributed by atoms with Gasteiger partial charge in [-0.1, -0.05) is 18.2 Å². The highest BCUT2D eigenvalue weighted by molar-refractivity contribution is 8.00. The Hall–Kier alpha value is -2.90. The van der Waals surface area contributed by atoms with Crippen LogP contribution in [0.3, 0.4) is 0 Å². The highest BCUT2D eigenvalue weighted by Gasteiger charge is 2.13. The van der Waals surface area contributed by atoms with E-state index in [1.165, 1.54) is 28.3 Å². The molecule has 4 rings (SSSR count). The van der Waals surface area contributed by atoms with E-state index in [0.29, 0.717) is 4.90 Å². The number of anilines is 1. The van der Waals surface area contributed by atoms with E-state index in [-0.39, 0.29) is 10.6 Å². The first kappa shape index (κ1) is 17.5. The van der Waals surface area contributed by atoms with E-state index in [9.17, 15) is 10.1 Å². The van der Waals surface area contributed by atoms with Gasteiger partial charge in [0.2, 0.25) is 0 Å². The molecule has 0 spiro atoms. The number of thiazole rings is 1. The normalized spacial score (nSPS) is 10.9. The van der Waals surface area contributed by atoms with Crippen LogP contribution >= 0.6 is 23.3 Å². The molecule has 0 aliphatic carbocycles. The number of nitrogens with one attached hydrogen (secondary N) is 1. The van der Waals surface area contributed by atoms with Gasteiger partial charge in [-0.15, -0.1) is 11.3 Å². The Kier molecular flexibility index (Phi) is 4.79. The minimum atomic E-state index is -0.373. The first-order valence-corrected chi connectivity index (χ1v) is 9.87. The quantitative estimate of drug-likeness (QED) is 0.245. The van der Waals surface area contributed by atoms with E-state index >= 15 is 0 Å². The van der Waals surface area contributed by atoms with Crippen LogP contribution in [0.25, 0.3) is 20.8 Å². The number of hydrogen-bond acceptors (Lipinski definition) is 6. The molecule has 0 aliphatic rings. The largest absolute Gasteiger partial charge is 0.325 e. The van der Waals surface area contributed by atoms with Crippen LogP contribution < -0.4 is 4.72 Å². The summed E-state index contributed by atoms with van der Waals surface area (Å²) in [6.07, 6.45) is 0. The third-order valence-corrected chi connectivity index (χ3v) is 5.99. The lowest BCUT2D eigenvalue weighted by Gasteiger charge is -2.06. The molecule has 0 radical (unpaired) electrons. The zero-order valence-electron chi connectivity index (χ0n) is 14.4. The molecule has 1 N–H and O–H groups in total. The predicted octanol–water partition coefficient (Wildman–Crippen LogP) is 6.30. The number of nitro groups is 1. The number of nitro benzene ring substituents is 1. The fourth-order valence-corrected chi connectivity index (χ4v) is 4.47. The first-order valence-electron chi connectivity index (χ1n) is 8.24. The van der Waals surface area contributed by atoms with Crippen molar-refractivity contribution in [1.82, 2.24) is 4.98 Å². The number of aryl methyl sites for hydroxylation is 1. The zero-order chi connectivity index (χ0) is 18.8. The van der Waals surface area contributed by atoms with Crippen molar-refractivity contribution in [2.24, 2.45) is 0 Å². The molecule has 27 heavy (non-hydrogen) atoms. The molecule has 0 unspecified atom stereocenters. The van der Waals surface area contributed by atoms with Crippen molar-refractivity contribution in [2.45, 2.75) is 11.8 Å². The summed E-state index contributed by atoms with van der Waals surface area (Å²) in [7, 11) is 0. The van der Waals surface area contributed by atoms with Crippen LogP contribution in [0.2, 0.25) is 0 Å². The Morgan fingerprint density at radius 1 is 1.07 bits per heavy atom. The van der Waals surface area contributed by atoms with Gasteiger partial charge in [0.1, 0.15) is 9.90 Å². The smallest absolute Gasteiger partial charge is 0.284 e. The molecular formula is C20H15N3O2S2. The molecule has 1 heterocycles. The number of para-hydroxylation sites is 1. The molecule has 5 nitrogen and oxygen atoms in total. The third kappa shape index (κ3) is 3.79. The van der Waals surface area contributed by atoms with Crippen molar-refractivity contribution in [3.63, 3.8) is 0 Å². The van der Waals surface area contributed by atoms with Crippen LogP contribution in [0, 0.1) is 17.0 Å². The van der Waals surface area contributed by atoms with E-state index < -0.39 is 0 Å². The van der Waals surface area contributed by atoms with Gasteiger partial charge < -0.3 is 4.72 Å². The average Bonchev–Trinajstić information content (AvgIpc) is 3.10. The van der Waals surface area contributed by atoms with Crippen LogP contribution in [0.5, 0.6) is 0 Å². The number of hydrogen-bond donors (Lipinski definition) is 1. The number of rotatable bonds is 5. The predicted molar refractivity (Wildman–Crippen MR) is 112 cm³/mol. The fraction of sp³-hybridized carbons (Fsp3) is 0.0500. The highest BCUT2D eigenvalue weighted by atomic mass is 32.2. The fourth-order valence-electron chi connectivity index (χ4n) is 2.64. The monoisotopic (exact) mass is 393 g/mol. The van der Waals surface area contributed by atoms with Crippen molar-refractivity contribution in [3.8, 4) is 10.6 Å². The maximum Gasteiger partial charge on any atom is 0.284 e. The topological polar surface area (TPSA) is 68.1 Å². The molecule has 0 saturated carbocycles. The standard InChI is InChI=1S/C20H15N3O2S2/c1-13-6-11-16-19(12-13)26-20(21-16)14-7-9-15(10-8-14)22-27-18-5-3-2-4-17(18)23(24)25/h2-12,22H,1H3. The van der Waals surface area contributed by atoms with Crippen molar-refractivity contribution >= 4 is 44.9 Å². The maximum atomic E-state index is 11.1. The Morgan fingerprint density at radius 2 is 1.85 bits per heavy atom. The second kappa shape index (κ2) is 7.38. The molecule has 0 fully saturated rings. The lowest BCUT2D eigenvalue weighted by Crippen LogP contribution is -1.93. The van der Waals surface area contributed by atoms with E-state index in [4.69, 9.17) is 4.98 Å². The van der Waals surface area contributed by atoms with E-state index in [1.54, 1.807) is 29.5 Å². The summed E-state index contributed by atoms with van der Waals surface area (Å²) < 4.78 is 4.34. The minimum absolute atomic E-state index is 0.0939. The summed E-state index contributed by atoms with van der Waals surface area (Å²) in [5.41, 5.74) is 4.25. The lowest BCUT2D eigenvalue weighted by atomic mass is 10.2. The molecule has 0 aliphatic heterocycles. The van der Waals surface area contributed by atoms with Gasteiger partial charge in [0.15, 0.2) is 0 Å². The van der Waals surface area contributed by atoms with Crippen LogP contribution in [0.1, 0.15) is 5.56 Å². The molecule has 0 bridgehead atoms. The molecule has 4 aromatic rings. The molecular weight excluding hydrogens is 378 g/mol. The van der Waals surface area contributed by atoms with E-state index in [1.807, 2.05) is 30.3 Å². The Bertz CT molecular complexity index is 1120. The van der Waals surface area contributed by atoms with Gasteiger partial charge in [0.25, 0.3) is 5.69 Å². The van der Waals surface area contributed by atoms with Crippen LogP contribution in [-0.2, 0) is 0 Å². The van der Waals surface area contributed by atoms with Gasteiger partial charge in [-0.05, 0) is 66.9 Å². The molecule has 1 aromatic heterocycles. The Balaban J connectivity index is 1.51. The van der Waals surface area contributed by atoms with E-state index in [0.717, 1.165) is 21.8 Å². The number of aromatic nitrogens is 1. The summed E-state index contributed by atoms with van der Waals surface area (Å²) in [5.74, 6) is 0. The second-order valence-electron chi connectivity index (χ2n) is 6.00. The van der Waals surface area contributed by atoms with E-state index in [2.05, 4.69) is 23.8 Å². The maximum absolute atomic E-state index is 11.1. The molecule has 0 amide bonds. The first-order chi connectivity index (χ1) is 13.1. The summed E-state index contributed by atoms with van der Waals surface area (Å²) in [6.45, 7) is 2.08. The number of benzene rings is 3.